The number of nitrogens with zero attached hydrogens (tertiary/aromatic N) is 3. The van der Waals surface area contributed by atoms with Gasteiger partial charge >= 0.3 is 0 Å². The molecule has 2 aliphatic rings. The van der Waals surface area contributed by atoms with Gasteiger partial charge in [0, 0.05) is 43.6 Å². The molecule has 0 saturated carbocycles. The molecule has 2 amide bonds. The zero-order valence-electron chi connectivity index (χ0n) is 19.7. The van der Waals surface area contributed by atoms with E-state index in [4.69, 9.17) is 15.5 Å². The predicted molar refractivity (Wildman–Crippen MR) is 134 cm³/mol. The van der Waals surface area contributed by atoms with E-state index in [-0.39, 0.29) is 24.2 Å². The van der Waals surface area contributed by atoms with Crippen LogP contribution in [0.15, 0.2) is 49.1 Å². The normalized spacial score (nSPS) is 22.4. The van der Waals surface area contributed by atoms with Crippen LogP contribution in [-0.4, -0.2) is 61.2 Å². The fourth-order valence-electron chi connectivity index (χ4n) is 4.55. The minimum absolute atomic E-state index is 0.0256. The average Bonchev–Trinajstić information content (AvgIpc) is 3.27. The third kappa shape index (κ3) is 5.48. The lowest BCUT2D eigenvalue weighted by Gasteiger charge is -2.36. The minimum Gasteiger partial charge on any atom is -0.372 e. The Morgan fingerprint density at radius 3 is 2.44 bits per heavy atom. The molecule has 0 spiro atoms. The third-order valence-electron chi connectivity index (χ3n) is 6.10. The highest BCUT2D eigenvalue weighted by Crippen LogP contribution is 2.27. The van der Waals surface area contributed by atoms with Gasteiger partial charge in [-0.3, -0.25) is 9.59 Å². The maximum atomic E-state index is 12.0. The van der Waals surface area contributed by atoms with E-state index in [2.05, 4.69) is 40.9 Å². The molecule has 2 aromatic rings. The lowest BCUT2D eigenvalue weighted by atomic mass is 10.2. The first-order valence-corrected chi connectivity index (χ1v) is 11.6. The number of carbonyl (C=O) groups excluding carboxylic acids is 2. The number of amides is 2. The van der Waals surface area contributed by atoms with Crippen molar-refractivity contribution in [3.8, 4) is 0 Å². The van der Waals surface area contributed by atoms with Gasteiger partial charge < -0.3 is 30.9 Å². The highest BCUT2D eigenvalue weighted by atomic mass is 16.5. The molecule has 3 unspecified atom stereocenters. The molecule has 0 radical (unpaired) electrons. The van der Waals surface area contributed by atoms with E-state index < -0.39 is 5.91 Å². The number of primary amides is 1. The van der Waals surface area contributed by atoms with Crippen LogP contribution >= 0.6 is 0 Å². The fourth-order valence-corrected chi connectivity index (χ4v) is 4.55. The Labute approximate surface area is 200 Å². The van der Waals surface area contributed by atoms with Crippen molar-refractivity contribution in [1.82, 2.24) is 10.3 Å². The summed E-state index contributed by atoms with van der Waals surface area (Å²) in [5.41, 5.74) is 7.85. The molecule has 0 aliphatic carbocycles. The molecule has 1 aromatic heterocycles. The quantitative estimate of drug-likeness (QED) is 0.540. The van der Waals surface area contributed by atoms with Crippen LogP contribution in [0.5, 0.6) is 0 Å². The second-order valence-corrected chi connectivity index (χ2v) is 8.91. The van der Waals surface area contributed by atoms with Crippen molar-refractivity contribution in [3.63, 3.8) is 0 Å². The second-order valence-electron chi connectivity index (χ2n) is 8.91. The molecule has 180 valence electrons. The summed E-state index contributed by atoms with van der Waals surface area (Å²) in [4.78, 5) is 32.7. The van der Waals surface area contributed by atoms with Crippen molar-refractivity contribution < 1.29 is 14.3 Å². The Balaban J connectivity index is 1.49. The summed E-state index contributed by atoms with van der Waals surface area (Å²) in [6.07, 6.45) is 2.45. The average molecular weight is 465 g/mol. The number of carbonyl (C=O) groups is 2. The maximum Gasteiger partial charge on any atom is 0.252 e. The Kier molecular flexibility index (Phi) is 7.02. The van der Waals surface area contributed by atoms with Crippen molar-refractivity contribution >= 4 is 34.8 Å². The van der Waals surface area contributed by atoms with Gasteiger partial charge in [-0.05, 0) is 62.7 Å². The standard InChI is InChI=1S/C25H32N6O3/c1-4-23(32)27-19-11-12-30(15-19)22-10-9-21(24(26)33)25(29-22)28-18-5-7-20(8-6-18)31-13-16(2)34-17(3)14-31/h4-10,16-17,19H,1,11-15H2,2-3H3,(H2,26,33)(H,27,32)(H,28,29). The van der Waals surface area contributed by atoms with Crippen LogP contribution in [0.1, 0.15) is 30.6 Å². The van der Waals surface area contributed by atoms with Gasteiger partial charge in [0.25, 0.3) is 5.91 Å². The fraction of sp³-hybridized carbons (Fsp3) is 0.400. The van der Waals surface area contributed by atoms with Crippen LogP contribution < -0.4 is 26.2 Å². The summed E-state index contributed by atoms with van der Waals surface area (Å²) >= 11 is 0. The second kappa shape index (κ2) is 10.1. The van der Waals surface area contributed by atoms with Gasteiger partial charge in [-0.25, -0.2) is 4.98 Å². The van der Waals surface area contributed by atoms with E-state index in [0.29, 0.717) is 17.9 Å². The number of morpholine rings is 1. The SMILES string of the molecule is C=CC(=O)NC1CCN(c2ccc(C(N)=O)c(Nc3ccc(N4CC(C)OC(C)C4)cc3)n2)C1. The van der Waals surface area contributed by atoms with Crippen molar-refractivity contribution in [2.24, 2.45) is 5.73 Å². The topological polar surface area (TPSA) is 113 Å². The van der Waals surface area contributed by atoms with E-state index in [1.807, 2.05) is 24.3 Å². The molecule has 2 aliphatic heterocycles. The van der Waals surface area contributed by atoms with Gasteiger partial charge in [0.15, 0.2) is 0 Å². The Bertz CT molecular complexity index is 1050. The molecule has 0 bridgehead atoms. The summed E-state index contributed by atoms with van der Waals surface area (Å²) < 4.78 is 5.83. The molecule has 4 N–H and O–H groups in total. The molecule has 9 nitrogen and oxygen atoms in total. The van der Waals surface area contributed by atoms with Crippen molar-refractivity contribution in [2.75, 3.05) is 41.3 Å². The number of hydrogen-bond acceptors (Lipinski definition) is 7. The zero-order valence-corrected chi connectivity index (χ0v) is 19.7. The summed E-state index contributed by atoms with van der Waals surface area (Å²) in [6.45, 7) is 10.7. The Hall–Kier alpha value is -3.59. The first kappa shape index (κ1) is 23.6. The molecule has 2 saturated heterocycles. The van der Waals surface area contributed by atoms with Crippen molar-refractivity contribution in [2.45, 2.75) is 38.5 Å². The molecular formula is C25H32N6O3. The number of benzene rings is 1. The third-order valence-corrected chi connectivity index (χ3v) is 6.10. The first-order chi connectivity index (χ1) is 16.3. The minimum atomic E-state index is -0.549. The Morgan fingerprint density at radius 1 is 1.09 bits per heavy atom. The summed E-state index contributed by atoms with van der Waals surface area (Å²) in [7, 11) is 0. The predicted octanol–water partition coefficient (Wildman–Crippen LogP) is 2.42. The van der Waals surface area contributed by atoms with E-state index >= 15 is 0 Å². The van der Waals surface area contributed by atoms with Crippen molar-refractivity contribution in [3.05, 3.63) is 54.6 Å². The van der Waals surface area contributed by atoms with Crippen LogP contribution in [-0.2, 0) is 9.53 Å². The lowest BCUT2D eigenvalue weighted by molar-refractivity contribution is -0.117. The smallest absolute Gasteiger partial charge is 0.252 e. The molecular weight excluding hydrogens is 432 g/mol. The zero-order chi connectivity index (χ0) is 24.2. The molecule has 1 aromatic carbocycles. The number of nitrogens with one attached hydrogen (secondary N) is 2. The van der Waals surface area contributed by atoms with E-state index in [9.17, 15) is 9.59 Å². The first-order valence-electron chi connectivity index (χ1n) is 11.6. The number of rotatable bonds is 7. The molecule has 4 rings (SSSR count). The van der Waals surface area contributed by atoms with Crippen LogP contribution in [0.2, 0.25) is 0 Å². The van der Waals surface area contributed by atoms with Gasteiger partial charge in [0.05, 0.1) is 17.8 Å². The highest BCUT2D eigenvalue weighted by molar-refractivity contribution is 5.98. The van der Waals surface area contributed by atoms with Gasteiger partial charge in [-0.1, -0.05) is 6.58 Å². The van der Waals surface area contributed by atoms with Gasteiger partial charge in [0.2, 0.25) is 5.91 Å². The van der Waals surface area contributed by atoms with Gasteiger partial charge in [-0.2, -0.15) is 0 Å². The molecule has 2 fully saturated rings. The number of pyridine rings is 1. The molecule has 3 heterocycles. The van der Waals surface area contributed by atoms with Crippen LogP contribution in [0.4, 0.5) is 23.0 Å². The lowest BCUT2D eigenvalue weighted by Crippen LogP contribution is -2.45. The monoisotopic (exact) mass is 464 g/mol. The van der Waals surface area contributed by atoms with E-state index in [1.54, 1.807) is 12.1 Å². The number of hydrogen-bond donors (Lipinski definition) is 3. The van der Waals surface area contributed by atoms with E-state index in [0.717, 1.165) is 43.2 Å². The summed E-state index contributed by atoms with van der Waals surface area (Å²) in [6, 6.07) is 11.5. The van der Waals surface area contributed by atoms with E-state index in [1.165, 1.54) is 6.08 Å². The van der Waals surface area contributed by atoms with Gasteiger partial charge in [-0.15, -0.1) is 0 Å². The molecule has 9 heteroatoms. The Morgan fingerprint density at radius 2 is 1.79 bits per heavy atom. The molecule has 34 heavy (non-hydrogen) atoms. The highest BCUT2D eigenvalue weighted by Gasteiger charge is 2.26. The summed E-state index contributed by atoms with van der Waals surface area (Å²) in [5, 5.41) is 6.18. The number of ether oxygens (including phenoxy) is 1. The maximum absolute atomic E-state index is 12.0. The van der Waals surface area contributed by atoms with Crippen LogP contribution in [0.3, 0.4) is 0 Å². The van der Waals surface area contributed by atoms with Crippen molar-refractivity contribution in [1.29, 1.82) is 0 Å². The number of anilines is 4. The van der Waals surface area contributed by atoms with Crippen LogP contribution in [0, 0.1) is 0 Å². The summed E-state index contributed by atoms with van der Waals surface area (Å²) in [5.74, 6) is 0.392. The number of nitrogens with two attached hydrogens (primary N) is 1. The van der Waals surface area contributed by atoms with Crippen LogP contribution in [0.25, 0.3) is 0 Å². The van der Waals surface area contributed by atoms with Gasteiger partial charge in [0.1, 0.15) is 11.6 Å². The largest absolute Gasteiger partial charge is 0.372 e. The molecule has 3 atom stereocenters. The number of aromatic nitrogens is 1.